The van der Waals surface area contributed by atoms with Crippen LogP contribution < -0.4 is 0 Å². The van der Waals surface area contributed by atoms with Crippen LogP contribution in [0.5, 0.6) is 0 Å². The molecule has 0 atom stereocenters. The smallest absolute Gasteiger partial charge is 0.266 e. The highest BCUT2D eigenvalue weighted by Crippen LogP contribution is 2.33. The Balaban J connectivity index is 1.67. The molecule has 0 aliphatic carbocycles. The molecule has 0 saturated carbocycles. The van der Waals surface area contributed by atoms with E-state index in [9.17, 15) is 9.59 Å². The van der Waals surface area contributed by atoms with Crippen molar-refractivity contribution in [2.45, 2.75) is 25.7 Å². The minimum Gasteiger partial charge on any atom is -0.341 e. The Morgan fingerprint density at radius 2 is 2.00 bits per heavy atom. The molecular weight excluding hydrogens is 348 g/mol. The molecule has 0 N–H and O–H groups in total. The molecule has 122 valence electrons. The fourth-order valence-electron chi connectivity index (χ4n) is 2.69. The normalized spacial score (nSPS) is 21.1. The van der Waals surface area contributed by atoms with Crippen LogP contribution in [0.25, 0.3) is 6.08 Å². The van der Waals surface area contributed by atoms with Crippen LogP contribution in [-0.4, -0.2) is 45.6 Å². The third kappa shape index (κ3) is 4.02. The molecule has 3 heterocycles. The first kappa shape index (κ1) is 16.7. The van der Waals surface area contributed by atoms with Crippen LogP contribution >= 0.6 is 35.3 Å². The summed E-state index contributed by atoms with van der Waals surface area (Å²) in [6.45, 7) is 1.64. The van der Waals surface area contributed by atoms with Crippen LogP contribution in [0.2, 0.25) is 0 Å². The molecule has 2 saturated heterocycles. The first-order chi connectivity index (χ1) is 11.1. The number of thiocarbonyl (C=S) groups is 1. The lowest BCUT2D eigenvalue weighted by molar-refractivity contribution is -0.135. The number of amides is 2. The fourth-order valence-corrected chi connectivity index (χ4v) is 4.67. The van der Waals surface area contributed by atoms with Gasteiger partial charge in [0.15, 0.2) is 0 Å². The van der Waals surface area contributed by atoms with Gasteiger partial charge in [0.1, 0.15) is 10.9 Å². The standard InChI is InChI=1S/C16H18N2O2S3/c19-14(17-7-3-1-2-4-8-17)11-18-15(20)13(23-16(18)21)10-12-6-5-9-22-12/h5-6,9-10H,1-4,7-8,11H2/b13-10+. The number of thiophene rings is 1. The monoisotopic (exact) mass is 366 g/mol. The van der Waals surface area contributed by atoms with E-state index in [1.54, 1.807) is 11.3 Å². The lowest BCUT2D eigenvalue weighted by atomic mass is 10.2. The molecule has 0 unspecified atom stereocenters. The zero-order valence-corrected chi connectivity index (χ0v) is 15.1. The highest BCUT2D eigenvalue weighted by Gasteiger charge is 2.34. The minimum absolute atomic E-state index is 0.000531. The number of thioether (sulfide) groups is 1. The van der Waals surface area contributed by atoms with Gasteiger partial charge in [-0.3, -0.25) is 14.5 Å². The van der Waals surface area contributed by atoms with Crippen molar-refractivity contribution in [1.82, 2.24) is 9.80 Å². The summed E-state index contributed by atoms with van der Waals surface area (Å²) in [5.74, 6) is -0.155. The van der Waals surface area contributed by atoms with Crippen LogP contribution in [0.3, 0.4) is 0 Å². The Labute approximate surface area is 149 Å². The zero-order valence-electron chi connectivity index (χ0n) is 12.7. The van der Waals surface area contributed by atoms with Crippen LogP contribution in [0, 0.1) is 0 Å². The van der Waals surface area contributed by atoms with Crippen molar-refractivity contribution in [1.29, 1.82) is 0 Å². The van der Waals surface area contributed by atoms with E-state index in [1.165, 1.54) is 29.5 Å². The molecule has 0 bridgehead atoms. The van der Waals surface area contributed by atoms with E-state index in [4.69, 9.17) is 12.2 Å². The maximum absolute atomic E-state index is 12.5. The SMILES string of the molecule is O=C(CN1C(=O)/C(=C\c2cccs2)SC1=S)N1CCCCCC1. The summed E-state index contributed by atoms with van der Waals surface area (Å²) in [7, 11) is 0. The fraction of sp³-hybridized carbons (Fsp3) is 0.438. The molecule has 3 rings (SSSR count). The van der Waals surface area contributed by atoms with Crippen LogP contribution in [0.1, 0.15) is 30.6 Å². The maximum Gasteiger partial charge on any atom is 0.266 e. The summed E-state index contributed by atoms with van der Waals surface area (Å²) in [5, 5.41) is 1.97. The summed E-state index contributed by atoms with van der Waals surface area (Å²) < 4.78 is 0.473. The van der Waals surface area contributed by atoms with Crippen molar-refractivity contribution in [3.05, 3.63) is 27.3 Å². The highest BCUT2D eigenvalue weighted by molar-refractivity contribution is 8.26. The van der Waals surface area contributed by atoms with E-state index in [2.05, 4.69) is 0 Å². The highest BCUT2D eigenvalue weighted by atomic mass is 32.2. The summed E-state index contributed by atoms with van der Waals surface area (Å²) in [4.78, 5) is 29.9. The first-order valence-corrected chi connectivity index (χ1v) is 9.82. The van der Waals surface area contributed by atoms with Crippen LogP contribution in [-0.2, 0) is 9.59 Å². The van der Waals surface area contributed by atoms with Crippen LogP contribution in [0.15, 0.2) is 22.4 Å². The van der Waals surface area contributed by atoms with Gasteiger partial charge in [-0.15, -0.1) is 11.3 Å². The van der Waals surface area contributed by atoms with Crippen molar-refractivity contribution < 1.29 is 9.59 Å². The van der Waals surface area contributed by atoms with Gasteiger partial charge in [0, 0.05) is 18.0 Å². The van der Waals surface area contributed by atoms with Gasteiger partial charge in [0.25, 0.3) is 5.91 Å². The van der Waals surface area contributed by atoms with Gasteiger partial charge in [-0.1, -0.05) is 42.9 Å². The molecule has 0 aromatic carbocycles. The number of hydrogen-bond donors (Lipinski definition) is 0. The number of nitrogens with zero attached hydrogens (tertiary/aromatic N) is 2. The van der Waals surface area contributed by atoms with E-state index in [-0.39, 0.29) is 18.4 Å². The number of likely N-dealkylation sites (tertiary alicyclic amines) is 1. The number of hydrogen-bond acceptors (Lipinski definition) is 5. The molecule has 0 radical (unpaired) electrons. The molecule has 4 nitrogen and oxygen atoms in total. The third-order valence-electron chi connectivity index (χ3n) is 3.94. The average Bonchev–Trinajstić information content (AvgIpc) is 3.01. The van der Waals surface area contributed by atoms with E-state index in [0.29, 0.717) is 9.23 Å². The lowest BCUT2D eigenvalue weighted by Gasteiger charge is -2.23. The Morgan fingerprint density at radius 1 is 1.26 bits per heavy atom. The van der Waals surface area contributed by atoms with Gasteiger partial charge in [0.05, 0.1) is 4.91 Å². The van der Waals surface area contributed by atoms with Gasteiger partial charge in [0.2, 0.25) is 5.91 Å². The van der Waals surface area contributed by atoms with E-state index >= 15 is 0 Å². The second-order valence-electron chi connectivity index (χ2n) is 5.58. The Kier molecular flexibility index (Phi) is 5.50. The molecule has 1 aromatic rings. The van der Waals surface area contributed by atoms with E-state index < -0.39 is 0 Å². The molecule has 23 heavy (non-hydrogen) atoms. The summed E-state index contributed by atoms with van der Waals surface area (Å²) in [5.41, 5.74) is 0. The molecule has 2 aliphatic rings. The van der Waals surface area contributed by atoms with Crippen molar-refractivity contribution in [2.24, 2.45) is 0 Å². The Morgan fingerprint density at radius 3 is 2.65 bits per heavy atom. The average molecular weight is 367 g/mol. The first-order valence-electron chi connectivity index (χ1n) is 7.72. The second kappa shape index (κ2) is 7.59. The molecule has 1 aromatic heterocycles. The van der Waals surface area contributed by atoms with E-state index in [0.717, 1.165) is 30.8 Å². The zero-order chi connectivity index (χ0) is 16.2. The number of carbonyl (C=O) groups is 2. The van der Waals surface area contributed by atoms with Crippen molar-refractivity contribution in [3.8, 4) is 0 Å². The molecule has 2 fully saturated rings. The molecule has 2 aliphatic heterocycles. The predicted octanol–water partition coefficient (Wildman–Crippen LogP) is 3.35. The van der Waals surface area contributed by atoms with Gasteiger partial charge in [-0.2, -0.15) is 0 Å². The van der Waals surface area contributed by atoms with Gasteiger partial charge in [-0.05, 0) is 30.4 Å². The maximum atomic E-state index is 12.5. The van der Waals surface area contributed by atoms with Crippen LogP contribution in [0.4, 0.5) is 0 Å². The summed E-state index contributed by atoms with van der Waals surface area (Å²) in [6.07, 6.45) is 6.29. The third-order valence-corrected chi connectivity index (χ3v) is 6.14. The van der Waals surface area contributed by atoms with Crippen molar-refractivity contribution >= 4 is 57.5 Å². The van der Waals surface area contributed by atoms with Crippen molar-refractivity contribution in [2.75, 3.05) is 19.6 Å². The quantitative estimate of drug-likeness (QED) is 0.608. The Bertz CT molecular complexity index is 632. The molecule has 7 heteroatoms. The molecule has 0 spiro atoms. The van der Waals surface area contributed by atoms with Gasteiger partial charge < -0.3 is 4.90 Å². The predicted molar refractivity (Wildman–Crippen MR) is 99.2 cm³/mol. The molecule has 2 amide bonds. The summed E-state index contributed by atoms with van der Waals surface area (Å²) in [6, 6.07) is 3.90. The topological polar surface area (TPSA) is 40.6 Å². The number of carbonyl (C=O) groups excluding carboxylic acids is 2. The Hall–Kier alpha value is -1.18. The minimum atomic E-state index is -0.156. The van der Waals surface area contributed by atoms with Gasteiger partial charge in [-0.25, -0.2) is 0 Å². The largest absolute Gasteiger partial charge is 0.341 e. The van der Waals surface area contributed by atoms with Gasteiger partial charge >= 0.3 is 0 Å². The second-order valence-corrected chi connectivity index (χ2v) is 8.23. The number of rotatable bonds is 3. The summed E-state index contributed by atoms with van der Waals surface area (Å²) >= 11 is 8.15. The molecular formula is C16H18N2O2S3. The van der Waals surface area contributed by atoms with E-state index in [1.807, 2.05) is 28.5 Å². The van der Waals surface area contributed by atoms with Crippen molar-refractivity contribution in [3.63, 3.8) is 0 Å². The lowest BCUT2D eigenvalue weighted by Crippen LogP contribution is -2.42.